The molecular weight excluding hydrogens is 278 g/mol. The molecule has 0 amide bonds. The van der Waals surface area contributed by atoms with E-state index in [0.29, 0.717) is 23.7 Å². The van der Waals surface area contributed by atoms with E-state index in [4.69, 9.17) is 10.5 Å². The molecule has 0 aliphatic carbocycles. The highest BCUT2D eigenvalue weighted by molar-refractivity contribution is 5.68. The lowest BCUT2D eigenvalue weighted by atomic mass is 10.1. The van der Waals surface area contributed by atoms with E-state index in [-0.39, 0.29) is 12.1 Å². The molecule has 1 aromatic heterocycles. The summed E-state index contributed by atoms with van der Waals surface area (Å²) >= 11 is 0. The van der Waals surface area contributed by atoms with E-state index in [2.05, 4.69) is 18.9 Å². The molecule has 0 spiro atoms. The molecule has 0 fully saturated rings. The molecule has 2 aromatic rings. The fourth-order valence-electron chi connectivity index (χ4n) is 2.37. The van der Waals surface area contributed by atoms with Gasteiger partial charge in [0.15, 0.2) is 0 Å². The summed E-state index contributed by atoms with van der Waals surface area (Å²) in [6.07, 6.45) is 0. The molecule has 5 nitrogen and oxygen atoms in total. The van der Waals surface area contributed by atoms with E-state index in [1.165, 1.54) is 4.68 Å². The monoisotopic (exact) mass is 301 g/mol. The molecule has 1 heterocycles. The Labute approximate surface area is 130 Å². The molecule has 118 valence electrons. The molecule has 0 atom stereocenters. The third-order valence-corrected chi connectivity index (χ3v) is 3.44. The maximum atomic E-state index is 12.3. The van der Waals surface area contributed by atoms with Gasteiger partial charge in [0, 0.05) is 24.2 Å². The predicted molar refractivity (Wildman–Crippen MR) is 88.0 cm³/mol. The number of rotatable bonds is 5. The van der Waals surface area contributed by atoms with Gasteiger partial charge in [-0.2, -0.15) is 5.10 Å². The number of aromatic nitrogens is 2. The predicted octanol–water partition coefficient (Wildman–Crippen LogP) is 2.34. The topological polar surface area (TPSA) is 70.1 Å². The van der Waals surface area contributed by atoms with Crippen molar-refractivity contribution in [1.29, 1.82) is 0 Å². The molecule has 0 unspecified atom stereocenters. The standard InChI is InChI=1S/C17H23N3O2/c1-11(2)10-20-17(21)13(9-18)8-15(19-20)14-7-12(3)5-6-16(14)22-4/h5-8,11H,9-10,18H2,1-4H3. The summed E-state index contributed by atoms with van der Waals surface area (Å²) in [6, 6.07) is 7.66. The van der Waals surface area contributed by atoms with Crippen molar-refractivity contribution >= 4 is 0 Å². The molecule has 22 heavy (non-hydrogen) atoms. The van der Waals surface area contributed by atoms with E-state index in [9.17, 15) is 4.79 Å². The van der Waals surface area contributed by atoms with Crippen LogP contribution < -0.4 is 16.0 Å². The van der Waals surface area contributed by atoms with Crippen molar-refractivity contribution in [2.45, 2.75) is 33.9 Å². The van der Waals surface area contributed by atoms with Crippen LogP contribution in [0.15, 0.2) is 29.1 Å². The average molecular weight is 301 g/mol. The fourth-order valence-corrected chi connectivity index (χ4v) is 2.37. The Bertz CT molecular complexity index is 720. The maximum absolute atomic E-state index is 12.3. The van der Waals surface area contributed by atoms with Gasteiger partial charge in [0.25, 0.3) is 5.56 Å². The second kappa shape index (κ2) is 6.75. The van der Waals surface area contributed by atoms with Gasteiger partial charge in [-0.25, -0.2) is 4.68 Å². The normalized spacial score (nSPS) is 11.0. The van der Waals surface area contributed by atoms with Crippen LogP contribution in [0.5, 0.6) is 5.75 Å². The molecule has 2 rings (SSSR count). The number of ether oxygens (including phenoxy) is 1. The van der Waals surface area contributed by atoms with Crippen molar-refractivity contribution in [3.63, 3.8) is 0 Å². The second-order valence-electron chi connectivity index (χ2n) is 5.84. The summed E-state index contributed by atoms with van der Waals surface area (Å²) in [5.41, 5.74) is 8.86. The lowest BCUT2D eigenvalue weighted by molar-refractivity contribution is 0.415. The summed E-state index contributed by atoms with van der Waals surface area (Å²) in [5, 5.41) is 4.51. The molecule has 0 aliphatic rings. The molecule has 5 heteroatoms. The Balaban J connectivity index is 2.65. The van der Waals surface area contributed by atoms with Gasteiger partial charge in [-0.3, -0.25) is 4.79 Å². The molecule has 2 N–H and O–H groups in total. The SMILES string of the molecule is COc1ccc(C)cc1-c1cc(CN)c(=O)n(CC(C)C)n1. The van der Waals surface area contributed by atoms with Crippen molar-refractivity contribution in [2.75, 3.05) is 7.11 Å². The third-order valence-electron chi connectivity index (χ3n) is 3.44. The second-order valence-corrected chi connectivity index (χ2v) is 5.84. The quantitative estimate of drug-likeness (QED) is 0.920. The van der Waals surface area contributed by atoms with Gasteiger partial charge < -0.3 is 10.5 Å². The number of hydrogen-bond acceptors (Lipinski definition) is 4. The Kier molecular flexibility index (Phi) is 4.98. The lowest BCUT2D eigenvalue weighted by Gasteiger charge is -2.14. The highest BCUT2D eigenvalue weighted by atomic mass is 16.5. The smallest absolute Gasteiger partial charge is 0.271 e. The van der Waals surface area contributed by atoms with Crippen LogP contribution in [-0.2, 0) is 13.1 Å². The minimum Gasteiger partial charge on any atom is -0.496 e. The van der Waals surface area contributed by atoms with Crippen LogP contribution in [0, 0.1) is 12.8 Å². The molecule has 1 aromatic carbocycles. The van der Waals surface area contributed by atoms with Crippen molar-refractivity contribution in [3.05, 3.63) is 45.7 Å². The van der Waals surface area contributed by atoms with Gasteiger partial charge in [0.1, 0.15) is 5.75 Å². The Morgan fingerprint density at radius 3 is 2.64 bits per heavy atom. The molecular formula is C17H23N3O2. The Hall–Kier alpha value is -2.14. The van der Waals surface area contributed by atoms with Crippen LogP contribution in [-0.4, -0.2) is 16.9 Å². The number of aryl methyl sites for hydroxylation is 1. The van der Waals surface area contributed by atoms with Gasteiger partial charge in [-0.15, -0.1) is 0 Å². The molecule has 0 saturated carbocycles. The third kappa shape index (κ3) is 3.36. The van der Waals surface area contributed by atoms with Crippen LogP contribution >= 0.6 is 0 Å². The number of nitrogens with two attached hydrogens (primary N) is 1. The zero-order chi connectivity index (χ0) is 16.3. The highest BCUT2D eigenvalue weighted by Crippen LogP contribution is 2.29. The van der Waals surface area contributed by atoms with Gasteiger partial charge in [0.2, 0.25) is 0 Å². The number of hydrogen-bond donors (Lipinski definition) is 1. The van der Waals surface area contributed by atoms with Gasteiger partial charge in [-0.1, -0.05) is 25.5 Å². The molecule has 0 saturated heterocycles. The van der Waals surface area contributed by atoms with E-state index >= 15 is 0 Å². The zero-order valence-electron chi connectivity index (χ0n) is 13.6. The Morgan fingerprint density at radius 1 is 1.32 bits per heavy atom. The Morgan fingerprint density at radius 2 is 2.05 bits per heavy atom. The summed E-state index contributed by atoms with van der Waals surface area (Å²) in [6.45, 7) is 6.87. The largest absolute Gasteiger partial charge is 0.496 e. The van der Waals surface area contributed by atoms with E-state index in [1.54, 1.807) is 13.2 Å². The molecule has 0 radical (unpaired) electrons. The number of methoxy groups -OCH3 is 1. The molecule has 0 bridgehead atoms. The van der Waals surface area contributed by atoms with Crippen molar-refractivity contribution in [2.24, 2.45) is 11.7 Å². The highest BCUT2D eigenvalue weighted by Gasteiger charge is 2.13. The van der Waals surface area contributed by atoms with Gasteiger partial charge in [0.05, 0.1) is 12.8 Å². The van der Waals surface area contributed by atoms with Crippen molar-refractivity contribution < 1.29 is 4.74 Å². The van der Waals surface area contributed by atoms with Gasteiger partial charge >= 0.3 is 0 Å². The number of benzene rings is 1. The summed E-state index contributed by atoms with van der Waals surface area (Å²) < 4.78 is 6.92. The van der Waals surface area contributed by atoms with E-state index in [0.717, 1.165) is 16.9 Å². The minimum atomic E-state index is -0.119. The first-order valence-corrected chi connectivity index (χ1v) is 7.42. The summed E-state index contributed by atoms with van der Waals surface area (Å²) in [4.78, 5) is 12.3. The first-order chi connectivity index (χ1) is 10.5. The average Bonchev–Trinajstić information content (AvgIpc) is 2.48. The first kappa shape index (κ1) is 16.2. The lowest BCUT2D eigenvalue weighted by Crippen LogP contribution is -2.29. The van der Waals surface area contributed by atoms with E-state index < -0.39 is 0 Å². The number of nitrogens with zero attached hydrogens (tertiary/aromatic N) is 2. The van der Waals surface area contributed by atoms with Crippen LogP contribution in [0.25, 0.3) is 11.3 Å². The summed E-state index contributed by atoms with van der Waals surface area (Å²) in [5.74, 6) is 1.06. The van der Waals surface area contributed by atoms with Crippen LogP contribution in [0.1, 0.15) is 25.0 Å². The van der Waals surface area contributed by atoms with Crippen LogP contribution in [0.4, 0.5) is 0 Å². The van der Waals surface area contributed by atoms with Crippen LogP contribution in [0.2, 0.25) is 0 Å². The molecule has 0 aliphatic heterocycles. The first-order valence-electron chi connectivity index (χ1n) is 7.42. The zero-order valence-corrected chi connectivity index (χ0v) is 13.6. The fraction of sp³-hybridized carbons (Fsp3) is 0.412. The van der Waals surface area contributed by atoms with Crippen LogP contribution in [0.3, 0.4) is 0 Å². The van der Waals surface area contributed by atoms with Crippen molar-refractivity contribution in [1.82, 2.24) is 9.78 Å². The van der Waals surface area contributed by atoms with Crippen molar-refractivity contribution in [3.8, 4) is 17.0 Å². The minimum absolute atomic E-state index is 0.119. The maximum Gasteiger partial charge on any atom is 0.271 e. The van der Waals surface area contributed by atoms with Gasteiger partial charge in [-0.05, 0) is 31.0 Å². The summed E-state index contributed by atoms with van der Waals surface area (Å²) in [7, 11) is 1.63. The van der Waals surface area contributed by atoms with E-state index in [1.807, 2.05) is 25.1 Å².